The van der Waals surface area contributed by atoms with Gasteiger partial charge in [0.2, 0.25) is 0 Å². The summed E-state index contributed by atoms with van der Waals surface area (Å²) in [5, 5.41) is 13.6. The number of amides is 1. The number of aromatic nitrogens is 5. The van der Waals surface area contributed by atoms with Gasteiger partial charge in [-0.2, -0.15) is 0 Å². The fourth-order valence-corrected chi connectivity index (χ4v) is 2.06. The summed E-state index contributed by atoms with van der Waals surface area (Å²) >= 11 is 0. The van der Waals surface area contributed by atoms with E-state index < -0.39 is 6.04 Å². The molecule has 8 heteroatoms. The Kier molecular flexibility index (Phi) is 3.90. The van der Waals surface area contributed by atoms with Crippen LogP contribution in [0.25, 0.3) is 0 Å². The Hall–Kier alpha value is -3.03. The predicted molar refractivity (Wildman–Crippen MR) is 76.9 cm³/mol. The highest BCUT2D eigenvalue weighted by atomic mass is 16.4. The quantitative estimate of drug-likeness (QED) is 0.764. The van der Waals surface area contributed by atoms with Gasteiger partial charge in [-0.25, -0.2) is 9.67 Å². The summed E-state index contributed by atoms with van der Waals surface area (Å²) in [6.07, 6.45) is 3.41. The number of anilines is 1. The Morgan fingerprint density at radius 1 is 1.36 bits per heavy atom. The first-order chi connectivity index (χ1) is 10.7. The zero-order chi connectivity index (χ0) is 15.4. The Morgan fingerprint density at radius 3 is 2.82 bits per heavy atom. The second-order valence-electron chi connectivity index (χ2n) is 4.76. The largest absolute Gasteiger partial charge is 0.429 e. The molecular formula is C14H14N6O2. The molecule has 8 nitrogen and oxygen atoms in total. The van der Waals surface area contributed by atoms with E-state index in [-0.39, 0.29) is 11.9 Å². The Labute approximate surface area is 126 Å². The number of carbonyl (C=O) groups is 1. The Bertz CT molecular complexity index is 738. The number of hydrogen-bond acceptors (Lipinski definition) is 6. The lowest BCUT2D eigenvalue weighted by molar-refractivity contribution is -0.119. The van der Waals surface area contributed by atoms with Crippen LogP contribution < -0.4 is 5.32 Å². The normalized spacial score (nSPS) is 12.0. The molecule has 2 aromatic heterocycles. The van der Waals surface area contributed by atoms with Crippen molar-refractivity contribution in [3.63, 3.8) is 0 Å². The summed E-state index contributed by atoms with van der Waals surface area (Å²) in [5.41, 5.74) is 1.00. The SMILES string of the molecule is Cc1cnc(NC(=O)C(Cc2ccccc2)n2cnnn2)o1. The van der Waals surface area contributed by atoms with Crippen LogP contribution in [0.4, 0.5) is 6.01 Å². The monoisotopic (exact) mass is 298 g/mol. The van der Waals surface area contributed by atoms with Crippen LogP contribution in [-0.2, 0) is 11.2 Å². The van der Waals surface area contributed by atoms with Gasteiger partial charge in [0.1, 0.15) is 18.1 Å². The molecule has 0 aliphatic heterocycles. The van der Waals surface area contributed by atoms with Gasteiger partial charge in [-0.05, 0) is 22.9 Å². The Balaban J connectivity index is 1.80. The average Bonchev–Trinajstić information content (AvgIpc) is 3.18. The van der Waals surface area contributed by atoms with E-state index in [0.29, 0.717) is 12.2 Å². The standard InChI is InChI=1S/C14H14N6O2/c1-10-8-15-14(22-10)17-13(21)12(20-9-16-18-19-20)7-11-5-3-2-4-6-11/h2-6,8-9,12H,7H2,1H3,(H,15,17,21). The average molecular weight is 298 g/mol. The zero-order valence-corrected chi connectivity index (χ0v) is 11.9. The van der Waals surface area contributed by atoms with Gasteiger partial charge in [0.15, 0.2) is 0 Å². The number of hydrogen-bond donors (Lipinski definition) is 1. The van der Waals surface area contributed by atoms with Crippen LogP contribution in [-0.4, -0.2) is 31.1 Å². The number of oxazole rings is 1. The lowest BCUT2D eigenvalue weighted by atomic mass is 10.1. The van der Waals surface area contributed by atoms with E-state index in [1.807, 2.05) is 30.3 Å². The molecule has 2 heterocycles. The van der Waals surface area contributed by atoms with E-state index in [4.69, 9.17) is 4.42 Å². The van der Waals surface area contributed by atoms with Crippen LogP contribution in [0.5, 0.6) is 0 Å². The number of nitrogens with zero attached hydrogens (tertiary/aromatic N) is 5. The van der Waals surface area contributed by atoms with Crippen molar-refractivity contribution < 1.29 is 9.21 Å². The number of aryl methyl sites for hydroxylation is 1. The molecule has 1 aromatic carbocycles. The molecule has 22 heavy (non-hydrogen) atoms. The minimum Gasteiger partial charge on any atom is -0.429 e. The minimum atomic E-state index is -0.593. The molecule has 1 amide bonds. The maximum Gasteiger partial charge on any atom is 0.301 e. The maximum absolute atomic E-state index is 12.5. The van der Waals surface area contributed by atoms with Crippen LogP contribution in [0.15, 0.2) is 47.3 Å². The van der Waals surface area contributed by atoms with Gasteiger partial charge >= 0.3 is 6.01 Å². The topological polar surface area (TPSA) is 98.7 Å². The van der Waals surface area contributed by atoms with Crippen LogP contribution >= 0.6 is 0 Å². The van der Waals surface area contributed by atoms with E-state index in [1.165, 1.54) is 11.0 Å². The molecule has 0 fully saturated rings. The molecule has 0 saturated heterocycles. The first-order valence-electron chi connectivity index (χ1n) is 6.72. The summed E-state index contributed by atoms with van der Waals surface area (Å²) in [4.78, 5) is 16.5. The molecule has 1 N–H and O–H groups in total. The molecular weight excluding hydrogens is 284 g/mol. The molecule has 0 aliphatic rings. The van der Waals surface area contributed by atoms with E-state index in [2.05, 4.69) is 25.8 Å². The van der Waals surface area contributed by atoms with E-state index >= 15 is 0 Å². The zero-order valence-electron chi connectivity index (χ0n) is 11.9. The minimum absolute atomic E-state index is 0.161. The van der Waals surface area contributed by atoms with Crippen LogP contribution in [0.1, 0.15) is 17.4 Å². The number of rotatable bonds is 5. The van der Waals surface area contributed by atoms with Gasteiger partial charge in [-0.15, -0.1) is 5.10 Å². The molecule has 112 valence electrons. The molecule has 0 saturated carbocycles. The summed E-state index contributed by atoms with van der Waals surface area (Å²) in [5.74, 6) is 0.329. The molecule has 0 spiro atoms. The van der Waals surface area contributed by atoms with Gasteiger partial charge in [-0.3, -0.25) is 10.1 Å². The highest BCUT2D eigenvalue weighted by Crippen LogP contribution is 2.16. The maximum atomic E-state index is 12.5. The number of tetrazole rings is 1. The summed E-state index contributed by atoms with van der Waals surface area (Å²) < 4.78 is 6.68. The van der Waals surface area contributed by atoms with Crippen molar-refractivity contribution in [1.29, 1.82) is 0 Å². The first kappa shape index (κ1) is 13.9. The fraction of sp³-hybridized carbons (Fsp3) is 0.214. The van der Waals surface area contributed by atoms with Crippen LogP contribution in [0.2, 0.25) is 0 Å². The molecule has 1 unspecified atom stereocenters. The van der Waals surface area contributed by atoms with Gasteiger partial charge < -0.3 is 4.42 Å². The van der Waals surface area contributed by atoms with Crippen LogP contribution in [0, 0.1) is 6.92 Å². The van der Waals surface area contributed by atoms with Gasteiger partial charge in [-0.1, -0.05) is 30.3 Å². The second-order valence-corrected chi connectivity index (χ2v) is 4.76. The van der Waals surface area contributed by atoms with Crippen molar-refractivity contribution in [1.82, 2.24) is 25.2 Å². The third kappa shape index (κ3) is 3.17. The molecule has 1 atom stereocenters. The molecule has 3 rings (SSSR count). The second kappa shape index (κ2) is 6.17. The first-order valence-corrected chi connectivity index (χ1v) is 6.72. The highest BCUT2D eigenvalue weighted by molar-refractivity contribution is 5.92. The summed E-state index contributed by atoms with van der Waals surface area (Å²) in [7, 11) is 0. The third-order valence-electron chi connectivity index (χ3n) is 3.11. The van der Waals surface area contributed by atoms with E-state index in [1.54, 1.807) is 13.1 Å². The summed E-state index contributed by atoms with van der Waals surface area (Å²) in [6.45, 7) is 1.76. The van der Waals surface area contributed by atoms with Crippen molar-refractivity contribution in [2.75, 3.05) is 5.32 Å². The predicted octanol–water partition coefficient (Wildman–Crippen LogP) is 1.39. The van der Waals surface area contributed by atoms with Crippen molar-refractivity contribution in [3.8, 4) is 0 Å². The fourth-order valence-electron chi connectivity index (χ4n) is 2.06. The molecule has 3 aromatic rings. The van der Waals surface area contributed by atoms with Gasteiger partial charge in [0.05, 0.1) is 6.20 Å². The van der Waals surface area contributed by atoms with Gasteiger partial charge in [0.25, 0.3) is 5.91 Å². The number of carbonyl (C=O) groups excluding carboxylic acids is 1. The summed E-state index contributed by atoms with van der Waals surface area (Å²) in [6, 6.07) is 9.21. The third-order valence-corrected chi connectivity index (χ3v) is 3.11. The molecule has 0 bridgehead atoms. The number of benzene rings is 1. The van der Waals surface area contributed by atoms with Crippen molar-refractivity contribution in [2.24, 2.45) is 0 Å². The molecule has 0 radical (unpaired) electrons. The molecule has 0 aliphatic carbocycles. The smallest absolute Gasteiger partial charge is 0.301 e. The van der Waals surface area contributed by atoms with Gasteiger partial charge in [0, 0.05) is 6.42 Å². The van der Waals surface area contributed by atoms with E-state index in [9.17, 15) is 4.79 Å². The Morgan fingerprint density at radius 2 is 2.18 bits per heavy atom. The lowest BCUT2D eigenvalue weighted by Gasteiger charge is -2.15. The number of nitrogens with one attached hydrogen (secondary N) is 1. The van der Waals surface area contributed by atoms with Crippen molar-refractivity contribution in [3.05, 3.63) is 54.2 Å². The lowest BCUT2D eigenvalue weighted by Crippen LogP contribution is -2.28. The van der Waals surface area contributed by atoms with Crippen molar-refractivity contribution in [2.45, 2.75) is 19.4 Å². The highest BCUT2D eigenvalue weighted by Gasteiger charge is 2.23. The van der Waals surface area contributed by atoms with Crippen molar-refractivity contribution >= 4 is 11.9 Å². The van der Waals surface area contributed by atoms with Crippen LogP contribution in [0.3, 0.4) is 0 Å². The van der Waals surface area contributed by atoms with E-state index in [0.717, 1.165) is 5.56 Å².